The molecular formula is C31H37BrN2O3. The smallest absolute Gasteiger partial charge is 0.243 e. The summed E-state index contributed by atoms with van der Waals surface area (Å²) in [7, 11) is 0. The summed E-state index contributed by atoms with van der Waals surface area (Å²) in [6.07, 6.45) is 1.31. The van der Waals surface area contributed by atoms with Crippen LogP contribution in [0.5, 0.6) is 5.75 Å². The number of aryl methyl sites for hydroxylation is 1. The average molecular weight is 566 g/mol. The lowest BCUT2D eigenvalue weighted by Crippen LogP contribution is -2.51. The molecule has 3 rings (SSSR count). The minimum Gasteiger partial charge on any atom is -0.494 e. The Bertz CT molecular complexity index is 1130. The standard InChI is InChI=1S/C31H37BrN2O3/c1-23(2)21-33-31(36)29(20-25-9-5-4-6-10-25)34(22-26-11-7-12-27(32)19-26)30(35)13-8-18-37-28-16-14-24(3)15-17-28/h4-7,9-12,14-17,19,23,29H,8,13,18,20-22H2,1-3H3,(H,33,36)/t29-/m0/s1. The van der Waals surface area contributed by atoms with E-state index >= 15 is 0 Å². The average Bonchev–Trinajstić information content (AvgIpc) is 2.88. The van der Waals surface area contributed by atoms with Gasteiger partial charge in [0.1, 0.15) is 11.8 Å². The van der Waals surface area contributed by atoms with E-state index in [1.807, 2.05) is 85.8 Å². The van der Waals surface area contributed by atoms with Gasteiger partial charge in [0, 0.05) is 30.4 Å². The minimum atomic E-state index is -0.620. The first-order valence-corrected chi connectivity index (χ1v) is 13.7. The molecule has 1 N–H and O–H groups in total. The molecule has 0 heterocycles. The lowest BCUT2D eigenvalue weighted by molar-refractivity contribution is -0.141. The molecule has 3 aromatic rings. The number of halogens is 1. The molecule has 0 aromatic heterocycles. The molecule has 1 atom stereocenters. The lowest BCUT2D eigenvalue weighted by Gasteiger charge is -2.32. The Morgan fingerprint density at radius 2 is 1.65 bits per heavy atom. The second kappa shape index (κ2) is 14.6. The third kappa shape index (κ3) is 9.69. The third-order valence-electron chi connectivity index (χ3n) is 6.02. The molecule has 0 radical (unpaired) electrons. The predicted molar refractivity (Wildman–Crippen MR) is 152 cm³/mol. The highest BCUT2D eigenvalue weighted by atomic mass is 79.9. The van der Waals surface area contributed by atoms with Gasteiger partial charge in [-0.2, -0.15) is 0 Å². The summed E-state index contributed by atoms with van der Waals surface area (Å²) < 4.78 is 6.78. The topological polar surface area (TPSA) is 58.6 Å². The number of benzene rings is 3. The van der Waals surface area contributed by atoms with Crippen molar-refractivity contribution in [2.75, 3.05) is 13.2 Å². The number of nitrogens with one attached hydrogen (secondary N) is 1. The number of amides is 2. The minimum absolute atomic E-state index is 0.0619. The third-order valence-corrected chi connectivity index (χ3v) is 6.52. The van der Waals surface area contributed by atoms with Gasteiger partial charge in [0.15, 0.2) is 0 Å². The number of hydrogen-bond donors (Lipinski definition) is 1. The summed E-state index contributed by atoms with van der Waals surface area (Å²) in [6, 6.07) is 25.0. The quantitative estimate of drug-likeness (QED) is 0.247. The van der Waals surface area contributed by atoms with Crippen LogP contribution >= 0.6 is 15.9 Å². The van der Waals surface area contributed by atoms with E-state index in [0.29, 0.717) is 44.9 Å². The number of nitrogens with zero attached hydrogens (tertiary/aromatic N) is 1. The Morgan fingerprint density at radius 1 is 0.946 bits per heavy atom. The van der Waals surface area contributed by atoms with Crippen LogP contribution in [0, 0.1) is 12.8 Å². The van der Waals surface area contributed by atoms with Crippen molar-refractivity contribution in [1.29, 1.82) is 0 Å². The van der Waals surface area contributed by atoms with Crippen LogP contribution < -0.4 is 10.1 Å². The second-order valence-electron chi connectivity index (χ2n) is 9.76. The van der Waals surface area contributed by atoms with Crippen molar-refractivity contribution in [2.24, 2.45) is 5.92 Å². The van der Waals surface area contributed by atoms with Gasteiger partial charge >= 0.3 is 0 Å². The van der Waals surface area contributed by atoms with E-state index in [2.05, 4.69) is 35.1 Å². The highest BCUT2D eigenvalue weighted by molar-refractivity contribution is 9.10. The maximum absolute atomic E-state index is 13.6. The van der Waals surface area contributed by atoms with Crippen LogP contribution in [0.25, 0.3) is 0 Å². The van der Waals surface area contributed by atoms with Gasteiger partial charge in [-0.15, -0.1) is 0 Å². The molecular weight excluding hydrogens is 528 g/mol. The molecule has 0 bridgehead atoms. The molecule has 196 valence electrons. The van der Waals surface area contributed by atoms with Gasteiger partial charge in [-0.3, -0.25) is 9.59 Å². The van der Waals surface area contributed by atoms with Crippen LogP contribution in [-0.2, 0) is 22.6 Å². The van der Waals surface area contributed by atoms with Crippen molar-refractivity contribution in [2.45, 2.75) is 52.6 Å². The number of carbonyl (C=O) groups excluding carboxylic acids is 2. The summed E-state index contributed by atoms with van der Waals surface area (Å²) in [5, 5.41) is 3.06. The zero-order valence-electron chi connectivity index (χ0n) is 22.0. The first kappa shape index (κ1) is 28.5. The van der Waals surface area contributed by atoms with E-state index in [1.165, 1.54) is 5.56 Å². The van der Waals surface area contributed by atoms with E-state index in [-0.39, 0.29) is 11.8 Å². The monoisotopic (exact) mass is 564 g/mol. The lowest BCUT2D eigenvalue weighted by atomic mass is 10.0. The summed E-state index contributed by atoms with van der Waals surface area (Å²) in [5.41, 5.74) is 3.15. The molecule has 0 unspecified atom stereocenters. The first-order valence-electron chi connectivity index (χ1n) is 12.9. The summed E-state index contributed by atoms with van der Waals surface area (Å²) >= 11 is 3.53. The normalized spacial score (nSPS) is 11.7. The molecule has 37 heavy (non-hydrogen) atoms. The van der Waals surface area contributed by atoms with Crippen LogP contribution in [0.2, 0.25) is 0 Å². The Kier molecular flexibility index (Phi) is 11.2. The van der Waals surface area contributed by atoms with Gasteiger partial charge in [0.05, 0.1) is 6.61 Å². The Balaban J connectivity index is 1.78. The fourth-order valence-corrected chi connectivity index (χ4v) is 4.45. The fourth-order valence-electron chi connectivity index (χ4n) is 4.00. The van der Waals surface area contributed by atoms with Crippen LogP contribution in [0.3, 0.4) is 0 Å². The summed E-state index contributed by atoms with van der Waals surface area (Å²) in [5.74, 6) is 0.915. The number of rotatable bonds is 13. The van der Waals surface area contributed by atoms with Crippen molar-refractivity contribution in [1.82, 2.24) is 10.2 Å². The van der Waals surface area contributed by atoms with Gasteiger partial charge in [-0.1, -0.05) is 89.9 Å². The highest BCUT2D eigenvalue weighted by Gasteiger charge is 2.30. The molecule has 3 aromatic carbocycles. The zero-order valence-corrected chi connectivity index (χ0v) is 23.5. The molecule has 0 saturated carbocycles. The maximum Gasteiger partial charge on any atom is 0.243 e. The van der Waals surface area contributed by atoms with Crippen molar-refractivity contribution in [3.8, 4) is 5.75 Å². The van der Waals surface area contributed by atoms with E-state index in [9.17, 15) is 9.59 Å². The molecule has 0 aliphatic heterocycles. The molecule has 0 spiro atoms. The van der Waals surface area contributed by atoms with Crippen LogP contribution in [0.1, 0.15) is 43.4 Å². The van der Waals surface area contributed by atoms with E-state index in [0.717, 1.165) is 21.3 Å². The molecule has 0 saturated heterocycles. The second-order valence-corrected chi connectivity index (χ2v) is 10.7. The first-order chi connectivity index (χ1) is 17.8. The summed E-state index contributed by atoms with van der Waals surface area (Å²) in [4.78, 5) is 28.8. The largest absolute Gasteiger partial charge is 0.494 e. The van der Waals surface area contributed by atoms with Crippen LogP contribution in [-0.4, -0.2) is 35.9 Å². The molecule has 2 amide bonds. The SMILES string of the molecule is Cc1ccc(OCCCC(=O)N(Cc2cccc(Br)c2)[C@@H](Cc2ccccc2)C(=O)NCC(C)C)cc1. The number of hydrogen-bond acceptors (Lipinski definition) is 3. The van der Waals surface area contributed by atoms with Gasteiger partial charge < -0.3 is 15.0 Å². The molecule has 5 nitrogen and oxygen atoms in total. The van der Waals surface area contributed by atoms with Crippen molar-refractivity contribution in [3.63, 3.8) is 0 Å². The van der Waals surface area contributed by atoms with E-state index in [1.54, 1.807) is 4.90 Å². The van der Waals surface area contributed by atoms with Crippen molar-refractivity contribution < 1.29 is 14.3 Å². The van der Waals surface area contributed by atoms with Crippen molar-refractivity contribution >= 4 is 27.7 Å². The molecule has 0 aliphatic carbocycles. The molecule has 0 fully saturated rings. The van der Waals surface area contributed by atoms with Crippen LogP contribution in [0.4, 0.5) is 0 Å². The maximum atomic E-state index is 13.6. The highest BCUT2D eigenvalue weighted by Crippen LogP contribution is 2.19. The fraction of sp³-hybridized carbons (Fsp3) is 0.355. The predicted octanol–water partition coefficient (Wildman–Crippen LogP) is 6.33. The Hall–Kier alpha value is -3.12. The number of ether oxygens (including phenoxy) is 1. The van der Waals surface area contributed by atoms with Crippen molar-refractivity contribution in [3.05, 3.63) is 100 Å². The van der Waals surface area contributed by atoms with Gasteiger partial charge in [0.2, 0.25) is 11.8 Å². The summed E-state index contributed by atoms with van der Waals surface area (Å²) in [6.45, 7) is 7.50. The van der Waals surface area contributed by atoms with Crippen LogP contribution in [0.15, 0.2) is 83.3 Å². The molecule has 6 heteroatoms. The van der Waals surface area contributed by atoms with Gasteiger partial charge in [-0.25, -0.2) is 0 Å². The molecule has 0 aliphatic rings. The van der Waals surface area contributed by atoms with E-state index < -0.39 is 6.04 Å². The van der Waals surface area contributed by atoms with Gasteiger partial charge in [-0.05, 0) is 54.7 Å². The zero-order chi connectivity index (χ0) is 26.6. The van der Waals surface area contributed by atoms with Gasteiger partial charge in [0.25, 0.3) is 0 Å². The Labute approximate surface area is 229 Å². The Morgan fingerprint density at radius 3 is 2.32 bits per heavy atom. The van der Waals surface area contributed by atoms with E-state index in [4.69, 9.17) is 4.74 Å². The number of carbonyl (C=O) groups is 2.